The molecule has 14 aliphatic carbocycles. The molecular formula is C80H103NO9. The van der Waals surface area contributed by atoms with Gasteiger partial charge in [0.05, 0.1) is 29.8 Å². The molecule has 0 radical (unpaired) electrons. The summed E-state index contributed by atoms with van der Waals surface area (Å²) in [6.45, 7) is 4.56. The van der Waals surface area contributed by atoms with Crippen LogP contribution in [0, 0.1) is 98.6 Å². The third kappa shape index (κ3) is 8.39. The van der Waals surface area contributed by atoms with Gasteiger partial charge in [0.15, 0.2) is 0 Å². The lowest BCUT2D eigenvalue weighted by Gasteiger charge is -2.75. The van der Waals surface area contributed by atoms with Gasteiger partial charge in [-0.3, -0.25) is 0 Å². The van der Waals surface area contributed by atoms with Crippen molar-refractivity contribution in [2.24, 2.45) is 86.8 Å². The monoisotopic (exact) mass is 1220 g/mol. The number of aliphatic hydroxyl groups is 6. The lowest BCUT2D eigenvalue weighted by atomic mass is 9.32. The number of aldehydes is 1. The Balaban J connectivity index is 0.946. The fourth-order valence-electron chi connectivity index (χ4n) is 26.6. The van der Waals surface area contributed by atoms with Crippen LogP contribution in [0.1, 0.15) is 226 Å². The molecule has 15 aliphatic rings. The number of carbonyl (C=O) groups is 2. The summed E-state index contributed by atoms with van der Waals surface area (Å²) in [6, 6.07) is 24.9. The van der Waals surface area contributed by atoms with Crippen LogP contribution in [0.5, 0.6) is 0 Å². The average molecular weight is 1220 g/mol. The number of aliphatic hydroxyl groups excluding tert-OH is 3. The SMILES string of the molecule is CC[C@H]1c2cccc(c2)CC[C@H]2CC[C@]3(C2)C[C@]2(C=O)[C@H]4CC[C@@]56C[C@]7(C#Cc8cccc(CO)c8C[C@H](NC)[C@@H]8C[C@@H](C[C@]5(O)[C@@]4(O)[C@@H](O)[C@H]4C[C@H]([C@@H](C)C5CCCC5)CC[C@@H]([C@H]3O)[C@@]42O)[C@@H]6C2=CC(=O)O[C@H]28)CC[C@@H](C7)C2(CCCCC2)c2cccc1c2. The molecule has 10 saturated carbocycles. The average Bonchev–Trinajstić information content (AvgIpc) is 1.24. The van der Waals surface area contributed by atoms with Gasteiger partial charge in [-0.05, 0) is 239 Å². The predicted molar refractivity (Wildman–Crippen MR) is 346 cm³/mol. The molecule has 0 aromatic heterocycles. The molecule has 10 fully saturated rings. The van der Waals surface area contributed by atoms with Crippen LogP contribution in [-0.2, 0) is 39.2 Å². The van der Waals surface area contributed by atoms with Crippen molar-refractivity contribution >= 4 is 12.3 Å². The van der Waals surface area contributed by atoms with Crippen molar-refractivity contribution in [2.75, 3.05) is 7.05 Å². The van der Waals surface area contributed by atoms with Gasteiger partial charge in [0.2, 0.25) is 0 Å². The summed E-state index contributed by atoms with van der Waals surface area (Å²) < 4.78 is 6.63. The first-order valence-corrected chi connectivity index (χ1v) is 36.5. The fourth-order valence-corrected chi connectivity index (χ4v) is 26.6. The lowest BCUT2D eigenvalue weighted by Crippen LogP contribution is -2.86. The highest BCUT2D eigenvalue weighted by Crippen LogP contribution is 2.81. The van der Waals surface area contributed by atoms with Crippen molar-refractivity contribution in [1.82, 2.24) is 5.32 Å². The summed E-state index contributed by atoms with van der Waals surface area (Å²) in [5.74, 6) is 5.56. The number of hydrogen-bond donors (Lipinski definition) is 7. The quantitative estimate of drug-likeness (QED) is 0.0714. The van der Waals surface area contributed by atoms with Gasteiger partial charge in [-0.15, -0.1) is 0 Å². The van der Waals surface area contributed by atoms with Crippen molar-refractivity contribution in [3.8, 4) is 11.8 Å². The number of esters is 1. The normalized spacial score (nSPS) is 45.7. The summed E-state index contributed by atoms with van der Waals surface area (Å²) in [4.78, 5) is 30.1. The van der Waals surface area contributed by atoms with E-state index in [0.29, 0.717) is 57.3 Å². The van der Waals surface area contributed by atoms with E-state index < -0.39 is 86.4 Å². The molecule has 0 amide bonds. The Kier molecular flexibility index (Phi) is 14.8. The van der Waals surface area contributed by atoms with Crippen LogP contribution in [0.25, 0.3) is 0 Å². The first-order chi connectivity index (χ1) is 43.5. The van der Waals surface area contributed by atoms with Crippen LogP contribution in [0.2, 0.25) is 0 Å². The van der Waals surface area contributed by atoms with E-state index in [1.54, 1.807) is 6.08 Å². The number of benzene rings is 3. The van der Waals surface area contributed by atoms with E-state index in [-0.39, 0.29) is 78.8 Å². The standard InChI is InChI=1S/C80H103NO9/c1-4-60-54-17-10-13-49(35-54)21-22-50-25-33-74(41-50)46-77(47-83)67-28-34-76-45-73(32-27-59(43-73)75(29-8-5-9-30-75)58-20-12-18-55(60)36-58)31-26-52-16-11-19-56(44-82)61(52)39-66(81-3)62-37-57(69(76)63-40-68(84)90-70(62)63)42-78(76,87)80(67,89)72(86)65-38-53(48(2)51-14-6-7-15-51)23-24-64(71(74)85)79(65,77)88/h10-13,16-20,35-36,40,47-48,50-51,53,57,59-60,62,64-67,69-72,81-82,85-89H,4-9,14-15,21-25,27-30,32-34,37-39,41-46H2,1-3H3/t48-,50-,53+,57-,59-,60-,62-,64-,65+,66-,67+,69+,70-,71+,72-,73+,74-,76-,77-,78+,79+,80-/m0/s1. The third-order valence-electron chi connectivity index (χ3n) is 30.4. The van der Waals surface area contributed by atoms with Crippen molar-refractivity contribution in [2.45, 2.75) is 253 Å². The van der Waals surface area contributed by atoms with Crippen LogP contribution >= 0.6 is 0 Å². The second-order valence-corrected chi connectivity index (χ2v) is 33.4. The van der Waals surface area contributed by atoms with Crippen molar-refractivity contribution in [1.29, 1.82) is 0 Å². The number of carbonyl (C=O) groups excluding carboxylic acids is 2. The minimum absolute atomic E-state index is 0.0590. The molecule has 1 aliphatic heterocycles. The molecule has 90 heavy (non-hydrogen) atoms. The van der Waals surface area contributed by atoms with Gasteiger partial charge in [0.25, 0.3) is 0 Å². The summed E-state index contributed by atoms with van der Waals surface area (Å²) in [7, 11) is 1.97. The predicted octanol–water partition coefficient (Wildman–Crippen LogP) is 12.3. The molecule has 0 unspecified atom stereocenters. The fraction of sp³-hybridized carbons (Fsp3) is 0.700. The van der Waals surface area contributed by atoms with Gasteiger partial charge in [-0.1, -0.05) is 131 Å². The molecule has 10 heteroatoms. The molecule has 15 bridgehead atoms. The summed E-state index contributed by atoms with van der Waals surface area (Å²) in [6.07, 6.45) is 21.7. The smallest absolute Gasteiger partial charge is 0.331 e. The molecule has 4 spiro atoms. The number of ether oxygens (including phenoxy) is 1. The summed E-state index contributed by atoms with van der Waals surface area (Å²) in [5.41, 5.74) is -1.52. The molecule has 18 rings (SSSR count). The molecule has 482 valence electrons. The van der Waals surface area contributed by atoms with Crippen molar-refractivity contribution in [3.63, 3.8) is 0 Å². The lowest BCUT2D eigenvalue weighted by molar-refractivity contribution is -0.385. The van der Waals surface area contributed by atoms with Crippen LogP contribution in [-0.4, -0.2) is 91.1 Å². The van der Waals surface area contributed by atoms with Crippen LogP contribution in [0.4, 0.5) is 0 Å². The maximum Gasteiger partial charge on any atom is 0.331 e. The number of nitrogens with one attached hydrogen (secondary N) is 1. The van der Waals surface area contributed by atoms with Gasteiger partial charge in [-0.25, -0.2) is 4.79 Å². The minimum Gasteiger partial charge on any atom is -0.454 e. The molecule has 7 N–H and O–H groups in total. The minimum atomic E-state index is -2.29. The van der Waals surface area contributed by atoms with E-state index in [1.165, 1.54) is 41.5 Å². The van der Waals surface area contributed by atoms with Gasteiger partial charge in [-0.2, -0.15) is 0 Å². The second-order valence-electron chi connectivity index (χ2n) is 33.4. The second kappa shape index (κ2) is 21.9. The van der Waals surface area contributed by atoms with Crippen molar-refractivity contribution in [3.05, 3.63) is 117 Å². The van der Waals surface area contributed by atoms with E-state index in [9.17, 15) is 25.2 Å². The Bertz CT molecular complexity index is 3410. The highest BCUT2D eigenvalue weighted by atomic mass is 16.5. The highest BCUT2D eigenvalue weighted by Gasteiger charge is 2.87. The Morgan fingerprint density at radius 3 is 2.33 bits per heavy atom. The maximum absolute atomic E-state index is 15.7. The molecule has 10 nitrogen and oxygen atoms in total. The van der Waals surface area contributed by atoms with Gasteiger partial charge >= 0.3 is 5.97 Å². The van der Waals surface area contributed by atoms with Crippen LogP contribution in [0.3, 0.4) is 0 Å². The number of fused-ring (bicyclic) bond motifs is 3. The van der Waals surface area contributed by atoms with E-state index >= 15 is 15.0 Å². The van der Waals surface area contributed by atoms with Crippen molar-refractivity contribution < 1.29 is 45.0 Å². The molecule has 1 heterocycles. The zero-order valence-electron chi connectivity index (χ0n) is 54.2. The molecular weight excluding hydrogens is 1120 g/mol. The van der Waals surface area contributed by atoms with E-state index in [4.69, 9.17) is 4.74 Å². The Morgan fingerprint density at radius 1 is 0.767 bits per heavy atom. The topological polar surface area (TPSA) is 177 Å². The van der Waals surface area contributed by atoms with Gasteiger partial charge < -0.3 is 45.5 Å². The molecule has 0 saturated heterocycles. The first-order valence-electron chi connectivity index (χ1n) is 36.5. The van der Waals surface area contributed by atoms with E-state index in [1.807, 2.05) is 19.2 Å². The Hall–Kier alpha value is -4.18. The number of rotatable bonds is 6. The summed E-state index contributed by atoms with van der Waals surface area (Å²) >= 11 is 0. The maximum atomic E-state index is 15.7. The van der Waals surface area contributed by atoms with E-state index in [2.05, 4.69) is 85.6 Å². The van der Waals surface area contributed by atoms with Crippen LogP contribution in [0.15, 0.2) is 78.4 Å². The van der Waals surface area contributed by atoms with E-state index in [0.717, 1.165) is 118 Å². The van der Waals surface area contributed by atoms with Gasteiger partial charge in [0.1, 0.15) is 23.6 Å². The summed E-state index contributed by atoms with van der Waals surface area (Å²) in [5, 5.41) is 88.9. The zero-order chi connectivity index (χ0) is 62.0. The largest absolute Gasteiger partial charge is 0.454 e. The first kappa shape index (κ1) is 60.7. The number of likely N-dealkylation sites (N-methyl/N-ethyl adjacent to an activating group) is 1. The van der Waals surface area contributed by atoms with Gasteiger partial charge in [0, 0.05) is 58.1 Å². The number of hydrogen-bond acceptors (Lipinski definition) is 10. The third-order valence-corrected chi connectivity index (χ3v) is 30.4. The molecule has 22 atom stereocenters. The van der Waals surface area contributed by atoms with Crippen LogP contribution < -0.4 is 5.32 Å². The Morgan fingerprint density at radius 2 is 1.56 bits per heavy atom. The highest BCUT2D eigenvalue weighted by molar-refractivity contribution is 5.86. The molecule has 3 aromatic carbocycles. The zero-order valence-corrected chi connectivity index (χ0v) is 54.2. The Labute approximate surface area is 535 Å². The number of aryl methyl sites for hydroxylation is 1. The molecule has 3 aromatic rings.